The number of aliphatic imine (C=N–C) groups is 1. The van der Waals surface area contributed by atoms with Crippen LogP contribution in [0.1, 0.15) is 67.7 Å². The molecule has 3 heteroatoms. The number of hydrogen-bond acceptors (Lipinski definition) is 3. The largest absolute Gasteiger partial charge is 0.348 e. The van der Waals surface area contributed by atoms with Crippen LogP contribution in [0.4, 0.5) is 5.69 Å². The van der Waals surface area contributed by atoms with Crippen LogP contribution in [-0.4, -0.2) is 24.7 Å². The number of hydrogen-bond donors (Lipinski definition) is 0. The lowest BCUT2D eigenvalue weighted by molar-refractivity contribution is -0.199. The summed E-state index contributed by atoms with van der Waals surface area (Å²) < 4.78 is 12.3. The Kier molecular flexibility index (Phi) is 6.07. The minimum absolute atomic E-state index is 0.219. The van der Waals surface area contributed by atoms with Crippen LogP contribution < -0.4 is 0 Å². The summed E-state index contributed by atoms with van der Waals surface area (Å²) in [7, 11) is 0. The average Bonchev–Trinajstić information content (AvgIpc) is 3.30. The van der Waals surface area contributed by atoms with Gasteiger partial charge in [0.1, 0.15) is 0 Å². The molecular weight excluding hydrogens is 430 g/mol. The SMILES string of the molecule is CCC12CCC3(CC1CCCc1cc(N=C(c4ccccc4)c4ccccc4)ccc12)OCCO3. The van der Waals surface area contributed by atoms with Crippen LogP contribution in [0.25, 0.3) is 0 Å². The zero-order chi connectivity index (χ0) is 23.7. The van der Waals surface area contributed by atoms with Crippen molar-refractivity contribution in [1.82, 2.24) is 0 Å². The Morgan fingerprint density at radius 2 is 1.57 bits per heavy atom. The predicted octanol–water partition coefficient (Wildman–Crippen LogP) is 7.38. The van der Waals surface area contributed by atoms with Gasteiger partial charge in [-0.15, -0.1) is 0 Å². The van der Waals surface area contributed by atoms with Crippen LogP contribution in [0.2, 0.25) is 0 Å². The first-order valence-corrected chi connectivity index (χ1v) is 13.3. The molecule has 6 rings (SSSR count). The van der Waals surface area contributed by atoms with Gasteiger partial charge in [0.05, 0.1) is 24.6 Å². The predicted molar refractivity (Wildman–Crippen MR) is 142 cm³/mol. The Morgan fingerprint density at radius 1 is 0.886 bits per heavy atom. The molecule has 1 aliphatic heterocycles. The summed E-state index contributed by atoms with van der Waals surface area (Å²) in [4.78, 5) is 5.22. The third-order valence-corrected chi connectivity index (χ3v) is 8.69. The molecule has 2 atom stereocenters. The van der Waals surface area contributed by atoms with E-state index in [1.807, 2.05) is 0 Å². The van der Waals surface area contributed by atoms with Gasteiger partial charge >= 0.3 is 0 Å². The molecule has 3 aromatic carbocycles. The average molecular weight is 466 g/mol. The van der Waals surface area contributed by atoms with Crippen LogP contribution in [0.5, 0.6) is 0 Å². The maximum Gasteiger partial charge on any atom is 0.168 e. The lowest BCUT2D eigenvalue weighted by atomic mass is 9.59. The van der Waals surface area contributed by atoms with E-state index in [1.54, 1.807) is 5.56 Å². The number of rotatable bonds is 4. The third kappa shape index (κ3) is 4.15. The Bertz CT molecular complexity index is 1160. The first-order valence-electron chi connectivity index (χ1n) is 13.3. The van der Waals surface area contributed by atoms with Gasteiger partial charge in [0.15, 0.2) is 5.79 Å². The van der Waals surface area contributed by atoms with E-state index in [4.69, 9.17) is 14.5 Å². The molecule has 35 heavy (non-hydrogen) atoms. The van der Waals surface area contributed by atoms with E-state index in [0.29, 0.717) is 5.92 Å². The van der Waals surface area contributed by atoms with Gasteiger partial charge in [0, 0.05) is 24.0 Å². The van der Waals surface area contributed by atoms with E-state index < -0.39 is 0 Å². The highest BCUT2D eigenvalue weighted by Crippen LogP contribution is 2.55. The Balaban J connectivity index is 1.39. The monoisotopic (exact) mass is 465 g/mol. The second-order valence-electron chi connectivity index (χ2n) is 10.4. The Labute approximate surface area is 209 Å². The summed E-state index contributed by atoms with van der Waals surface area (Å²) in [6.45, 7) is 3.87. The van der Waals surface area contributed by atoms with Gasteiger partial charge in [-0.1, -0.05) is 73.7 Å². The smallest absolute Gasteiger partial charge is 0.168 e. The molecule has 1 spiro atoms. The van der Waals surface area contributed by atoms with Crippen molar-refractivity contribution < 1.29 is 9.47 Å². The molecule has 3 aromatic rings. The quantitative estimate of drug-likeness (QED) is 0.376. The first kappa shape index (κ1) is 22.7. The minimum Gasteiger partial charge on any atom is -0.348 e. The lowest BCUT2D eigenvalue weighted by Gasteiger charge is -2.49. The number of aryl methyl sites for hydroxylation is 1. The second kappa shape index (κ2) is 9.37. The molecule has 1 heterocycles. The summed E-state index contributed by atoms with van der Waals surface area (Å²) in [6.07, 6.45) is 7.93. The summed E-state index contributed by atoms with van der Waals surface area (Å²) in [6, 6.07) is 28.1. The molecule has 180 valence electrons. The molecule has 2 unspecified atom stereocenters. The highest BCUT2D eigenvalue weighted by Gasteiger charge is 2.52. The van der Waals surface area contributed by atoms with Gasteiger partial charge in [-0.2, -0.15) is 0 Å². The molecule has 3 aliphatic rings. The fourth-order valence-electron chi connectivity index (χ4n) is 6.94. The van der Waals surface area contributed by atoms with Gasteiger partial charge in [0.25, 0.3) is 0 Å². The fourth-order valence-corrected chi connectivity index (χ4v) is 6.94. The van der Waals surface area contributed by atoms with Crippen molar-refractivity contribution in [3.63, 3.8) is 0 Å². The van der Waals surface area contributed by atoms with Gasteiger partial charge in [-0.3, -0.25) is 0 Å². The molecule has 2 fully saturated rings. The zero-order valence-electron chi connectivity index (χ0n) is 20.7. The number of nitrogens with zero attached hydrogens (tertiary/aromatic N) is 1. The van der Waals surface area contributed by atoms with E-state index in [-0.39, 0.29) is 11.2 Å². The maximum atomic E-state index is 6.16. The molecule has 2 aliphatic carbocycles. The van der Waals surface area contributed by atoms with Gasteiger partial charge < -0.3 is 9.47 Å². The number of ether oxygens (including phenoxy) is 2. The molecule has 0 amide bonds. The lowest BCUT2D eigenvalue weighted by Crippen LogP contribution is -2.48. The molecule has 1 saturated heterocycles. The molecule has 0 bridgehead atoms. The Hall–Kier alpha value is -2.75. The van der Waals surface area contributed by atoms with Crippen LogP contribution in [0, 0.1) is 5.92 Å². The van der Waals surface area contributed by atoms with E-state index >= 15 is 0 Å². The second-order valence-corrected chi connectivity index (χ2v) is 10.4. The topological polar surface area (TPSA) is 30.8 Å². The molecular formula is C32H35NO2. The van der Waals surface area contributed by atoms with E-state index in [1.165, 1.54) is 24.8 Å². The van der Waals surface area contributed by atoms with Gasteiger partial charge in [-0.05, 0) is 66.7 Å². The van der Waals surface area contributed by atoms with Crippen molar-refractivity contribution in [3.05, 3.63) is 101 Å². The van der Waals surface area contributed by atoms with Crippen LogP contribution in [0.15, 0.2) is 83.9 Å². The molecule has 0 aromatic heterocycles. The van der Waals surface area contributed by atoms with Crippen molar-refractivity contribution >= 4 is 11.4 Å². The molecule has 0 N–H and O–H groups in total. The third-order valence-electron chi connectivity index (χ3n) is 8.69. The van der Waals surface area contributed by atoms with E-state index in [9.17, 15) is 0 Å². The van der Waals surface area contributed by atoms with E-state index in [2.05, 4.69) is 85.8 Å². The van der Waals surface area contributed by atoms with Crippen molar-refractivity contribution in [2.75, 3.05) is 13.2 Å². The summed E-state index contributed by atoms with van der Waals surface area (Å²) in [5.74, 6) is 0.289. The standard InChI is InChI=1S/C32H35NO2/c1-2-31-18-19-32(34-20-21-35-32)23-27(31)15-9-14-26-22-28(16-17-29(26)31)33-30(24-10-5-3-6-11-24)25-12-7-4-8-13-25/h3-8,10-13,16-17,22,27H,2,9,14-15,18-21,23H2,1H3. The minimum atomic E-state index is -0.321. The van der Waals surface area contributed by atoms with Gasteiger partial charge in [0.2, 0.25) is 0 Å². The normalized spacial score (nSPS) is 24.9. The molecule has 3 nitrogen and oxygen atoms in total. The summed E-state index contributed by atoms with van der Waals surface area (Å²) in [5.41, 5.74) is 7.62. The van der Waals surface area contributed by atoms with Crippen molar-refractivity contribution in [3.8, 4) is 0 Å². The fraction of sp³-hybridized carbons (Fsp3) is 0.406. The van der Waals surface area contributed by atoms with Crippen LogP contribution in [-0.2, 0) is 21.3 Å². The van der Waals surface area contributed by atoms with Gasteiger partial charge in [-0.25, -0.2) is 4.99 Å². The van der Waals surface area contributed by atoms with Crippen molar-refractivity contribution in [1.29, 1.82) is 0 Å². The molecule has 0 radical (unpaired) electrons. The maximum absolute atomic E-state index is 6.16. The van der Waals surface area contributed by atoms with Crippen molar-refractivity contribution in [2.24, 2.45) is 10.9 Å². The Morgan fingerprint density at radius 3 is 2.23 bits per heavy atom. The van der Waals surface area contributed by atoms with Crippen LogP contribution >= 0.6 is 0 Å². The van der Waals surface area contributed by atoms with Crippen LogP contribution in [0.3, 0.4) is 0 Å². The van der Waals surface area contributed by atoms with E-state index in [0.717, 1.165) is 61.4 Å². The highest BCUT2D eigenvalue weighted by molar-refractivity contribution is 6.13. The number of fused-ring (bicyclic) bond motifs is 3. The number of benzene rings is 3. The molecule has 1 saturated carbocycles. The summed E-state index contributed by atoms with van der Waals surface area (Å²) >= 11 is 0. The zero-order valence-corrected chi connectivity index (χ0v) is 20.7. The first-order chi connectivity index (χ1) is 17.2. The highest BCUT2D eigenvalue weighted by atomic mass is 16.7. The van der Waals surface area contributed by atoms with Crippen molar-refractivity contribution in [2.45, 2.75) is 63.1 Å². The summed E-state index contributed by atoms with van der Waals surface area (Å²) in [5, 5.41) is 0.